The Hall–Kier alpha value is -2.69. The quantitative estimate of drug-likeness (QED) is 0.345. The highest BCUT2D eigenvalue weighted by Gasteiger charge is 2.59. The average molecular weight is 462 g/mol. The number of ether oxygens (including phenoxy) is 1. The Morgan fingerprint density at radius 3 is 2.47 bits per heavy atom. The van der Waals surface area contributed by atoms with Crippen LogP contribution in [0.1, 0.15) is 44.7 Å². The molecule has 2 aliphatic rings. The lowest BCUT2D eigenvalue weighted by Crippen LogP contribution is -2.43. The van der Waals surface area contributed by atoms with Crippen molar-refractivity contribution in [2.45, 2.75) is 51.3 Å². The zero-order chi connectivity index (χ0) is 23.9. The van der Waals surface area contributed by atoms with Gasteiger partial charge in [-0.3, -0.25) is 14.4 Å². The van der Waals surface area contributed by atoms with E-state index in [2.05, 4.69) is 0 Å². The summed E-state index contributed by atoms with van der Waals surface area (Å²) in [5.74, 6) is -5.34. The molecule has 0 aliphatic carbocycles. The van der Waals surface area contributed by atoms with E-state index in [4.69, 9.17) is 9.57 Å². The molecule has 0 spiro atoms. The van der Waals surface area contributed by atoms with E-state index in [9.17, 15) is 31.5 Å². The molecule has 2 heterocycles. The monoisotopic (exact) mass is 462 g/mol. The Morgan fingerprint density at radius 2 is 1.94 bits per heavy atom. The average Bonchev–Trinajstić information content (AvgIpc) is 3.11. The van der Waals surface area contributed by atoms with E-state index >= 15 is 0 Å². The van der Waals surface area contributed by atoms with Gasteiger partial charge in [0, 0.05) is 29.7 Å². The van der Waals surface area contributed by atoms with E-state index in [-0.39, 0.29) is 49.0 Å². The summed E-state index contributed by atoms with van der Waals surface area (Å²) < 4.78 is 73.1. The summed E-state index contributed by atoms with van der Waals surface area (Å²) in [6, 6.07) is 2.41. The number of fused-ring (bicyclic) bond motifs is 1. The number of rotatable bonds is 7. The molecule has 0 atom stereocenters. The van der Waals surface area contributed by atoms with Crippen LogP contribution in [0.5, 0.6) is 5.75 Å². The largest absolute Gasteiger partial charge is 0.483 e. The van der Waals surface area contributed by atoms with Gasteiger partial charge in [-0.2, -0.15) is 22.0 Å². The lowest BCUT2D eigenvalue weighted by Gasteiger charge is -2.40. The molecule has 1 aromatic carbocycles. The predicted molar refractivity (Wildman–Crippen MR) is 103 cm³/mol. The molecule has 32 heavy (non-hydrogen) atoms. The summed E-state index contributed by atoms with van der Waals surface area (Å²) in [5, 5.41) is 0.958. The van der Waals surface area contributed by atoms with Crippen LogP contribution in [-0.2, 0) is 20.3 Å². The summed E-state index contributed by atoms with van der Waals surface area (Å²) in [4.78, 5) is 30.6. The number of likely N-dealkylation sites (tertiary alicyclic amines) is 1. The van der Waals surface area contributed by atoms with Gasteiger partial charge in [0.2, 0.25) is 12.3 Å². The van der Waals surface area contributed by atoms with Crippen LogP contribution in [0, 0.1) is 0 Å². The molecule has 11 heteroatoms. The molecule has 1 fully saturated rings. The number of hydrogen-bond acceptors (Lipinski definition) is 4. The lowest BCUT2D eigenvalue weighted by atomic mass is 9.87. The van der Waals surface area contributed by atoms with Crippen molar-refractivity contribution in [2.75, 3.05) is 19.7 Å². The van der Waals surface area contributed by atoms with Crippen molar-refractivity contribution >= 4 is 18.0 Å². The lowest BCUT2D eigenvalue weighted by molar-refractivity contribution is -0.289. The van der Waals surface area contributed by atoms with Crippen LogP contribution in [0.2, 0.25) is 0 Å². The van der Waals surface area contributed by atoms with Crippen LogP contribution in [0.15, 0.2) is 23.8 Å². The second-order valence-corrected chi connectivity index (χ2v) is 7.97. The maximum Gasteiger partial charge on any atom is 0.458 e. The van der Waals surface area contributed by atoms with Gasteiger partial charge in [-0.1, -0.05) is 0 Å². The minimum atomic E-state index is -5.80. The second kappa shape index (κ2) is 8.34. The Morgan fingerprint density at radius 1 is 1.25 bits per heavy atom. The standard InChI is InChI=1S/C21H23F5N2O4/c1-4-31-27(12-29)11-15-18(28-9-5-6-17(28)30)14-10-13(20(22,23)21(24,25)26)7-8-16(14)32-19(15,2)3/h7-8,10,12H,4-6,9,11H2,1-3H3. The van der Waals surface area contributed by atoms with Crippen molar-refractivity contribution in [1.29, 1.82) is 0 Å². The first-order valence-corrected chi connectivity index (χ1v) is 10.0. The molecular formula is C21H23F5N2O4. The van der Waals surface area contributed by atoms with Gasteiger partial charge in [0.1, 0.15) is 11.4 Å². The number of amides is 2. The molecular weight excluding hydrogens is 439 g/mol. The van der Waals surface area contributed by atoms with Crippen LogP contribution >= 0.6 is 0 Å². The third kappa shape index (κ3) is 4.17. The Labute approximate surface area is 181 Å². The van der Waals surface area contributed by atoms with Crippen LogP contribution in [-0.4, -0.2) is 53.8 Å². The molecule has 0 unspecified atom stereocenters. The zero-order valence-corrected chi connectivity index (χ0v) is 17.8. The summed E-state index contributed by atoms with van der Waals surface area (Å²) in [5.41, 5.74) is -1.96. The highest BCUT2D eigenvalue weighted by Crippen LogP contribution is 2.49. The molecule has 2 amide bonds. The smallest absolute Gasteiger partial charge is 0.458 e. The van der Waals surface area contributed by atoms with Gasteiger partial charge in [0.15, 0.2) is 0 Å². The van der Waals surface area contributed by atoms with E-state index in [0.29, 0.717) is 30.5 Å². The molecule has 0 aromatic heterocycles. The van der Waals surface area contributed by atoms with Crippen molar-refractivity contribution in [1.82, 2.24) is 9.96 Å². The number of nitrogens with zero attached hydrogens (tertiary/aromatic N) is 2. The Kier molecular flexibility index (Phi) is 6.25. The van der Waals surface area contributed by atoms with Crippen molar-refractivity contribution < 1.29 is 41.1 Å². The minimum absolute atomic E-state index is 0.0595. The topological polar surface area (TPSA) is 59.1 Å². The van der Waals surface area contributed by atoms with E-state index in [1.165, 1.54) is 4.90 Å². The number of alkyl halides is 5. The molecule has 176 valence electrons. The molecule has 2 aliphatic heterocycles. The van der Waals surface area contributed by atoms with Crippen LogP contribution in [0.25, 0.3) is 5.70 Å². The minimum Gasteiger partial charge on any atom is -0.483 e. The number of benzene rings is 1. The molecule has 6 nitrogen and oxygen atoms in total. The number of hydroxylamine groups is 2. The normalized spacial score (nSPS) is 18.5. The van der Waals surface area contributed by atoms with Crippen LogP contribution < -0.4 is 4.74 Å². The molecule has 3 rings (SSSR count). The van der Waals surface area contributed by atoms with Crippen molar-refractivity contribution in [3.63, 3.8) is 0 Å². The maximum absolute atomic E-state index is 14.1. The fraction of sp³-hybridized carbons (Fsp3) is 0.524. The molecule has 0 N–H and O–H groups in total. The van der Waals surface area contributed by atoms with Gasteiger partial charge in [-0.25, -0.2) is 5.06 Å². The highest BCUT2D eigenvalue weighted by atomic mass is 19.4. The maximum atomic E-state index is 14.1. The van der Waals surface area contributed by atoms with Crippen molar-refractivity contribution in [2.24, 2.45) is 0 Å². The predicted octanol–water partition coefficient (Wildman–Crippen LogP) is 4.26. The van der Waals surface area contributed by atoms with Gasteiger partial charge < -0.3 is 9.64 Å². The second-order valence-electron chi connectivity index (χ2n) is 7.97. The number of halogens is 5. The fourth-order valence-corrected chi connectivity index (χ4v) is 3.84. The van der Waals surface area contributed by atoms with E-state index in [0.717, 1.165) is 11.1 Å². The molecule has 1 saturated heterocycles. The summed E-state index contributed by atoms with van der Waals surface area (Å²) >= 11 is 0. The van der Waals surface area contributed by atoms with Gasteiger partial charge in [-0.05, 0) is 45.4 Å². The Balaban J connectivity index is 2.25. The van der Waals surface area contributed by atoms with Crippen molar-refractivity contribution in [3.05, 3.63) is 34.9 Å². The Bertz CT molecular complexity index is 943. The molecule has 1 aromatic rings. The van der Waals surface area contributed by atoms with E-state index in [1.54, 1.807) is 20.8 Å². The van der Waals surface area contributed by atoms with Crippen molar-refractivity contribution in [3.8, 4) is 5.75 Å². The van der Waals surface area contributed by atoms with E-state index < -0.39 is 23.3 Å². The first-order chi connectivity index (χ1) is 14.8. The third-order valence-electron chi connectivity index (χ3n) is 5.40. The van der Waals surface area contributed by atoms with Crippen LogP contribution in [0.4, 0.5) is 22.0 Å². The zero-order valence-electron chi connectivity index (χ0n) is 17.8. The van der Waals surface area contributed by atoms with Gasteiger partial charge in [-0.15, -0.1) is 0 Å². The third-order valence-corrected chi connectivity index (χ3v) is 5.40. The highest BCUT2D eigenvalue weighted by molar-refractivity contribution is 5.91. The van der Waals surface area contributed by atoms with Gasteiger partial charge in [0.25, 0.3) is 0 Å². The fourth-order valence-electron chi connectivity index (χ4n) is 3.84. The first-order valence-electron chi connectivity index (χ1n) is 10.0. The van der Waals surface area contributed by atoms with Gasteiger partial charge in [0.05, 0.1) is 18.8 Å². The molecule has 0 radical (unpaired) electrons. The number of carbonyl (C=O) groups excluding carboxylic acids is 2. The summed E-state index contributed by atoms with van der Waals surface area (Å²) in [7, 11) is 0. The number of hydrogen-bond donors (Lipinski definition) is 0. The SMILES string of the molecule is CCON(C=O)CC1=C(N2CCCC2=O)c2cc(C(F)(F)C(F)(F)F)ccc2OC1(C)C. The molecule has 0 saturated carbocycles. The van der Waals surface area contributed by atoms with Gasteiger partial charge >= 0.3 is 12.1 Å². The molecule has 0 bridgehead atoms. The summed E-state index contributed by atoms with van der Waals surface area (Å²) in [6.45, 7) is 5.19. The van der Waals surface area contributed by atoms with Crippen LogP contribution in [0.3, 0.4) is 0 Å². The van der Waals surface area contributed by atoms with E-state index in [1.807, 2.05) is 0 Å². The summed E-state index contributed by atoms with van der Waals surface area (Å²) in [6.07, 6.45) is -4.68. The first kappa shape index (κ1) is 24.0. The number of carbonyl (C=O) groups is 2.